The van der Waals surface area contributed by atoms with Gasteiger partial charge in [0, 0.05) is 12.1 Å². The number of hydrogen-bond acceptors (Lipinski definition) is 3. The van der Waals surface area contributed by atoms with Crippen LogP contribution in [0.4, 0.5) is 0 Å². The van der Waals surface area contributed by atoms with Crippen LogP contribution in [0.1, 0.15) is 59.3 Å². The van der Waals surface area contributed by atoms with Gasteiger partial charge in [-0.1, -0.05) is 26.2 Å². The Morgan fingerprint density at radius 3 is 2.67 bits per heavy atom. The number of hydrogen-bond donors (Lipinski definition) is 2. The maximum Gasteiger partial charge on any atom is 0.0611 e. The zero-order chi connectivity index (χ0) is 13.4. The highest BCUT2D eigenvalue weighted by Gasteiger charge is 2.25. The quantitative estimate of drug-likeness (QED) is 0.632. The van der Waals surface area contributed by atoms with Gasteiger partial charge in [-0.25, -0.2) is 0 Å². The molecule has 108 valence electrons. The van der Waals surface area contributed by atoms with Crippen molar-refractivity contribution >= 4 is 0 Å². The molecule has 0 radical (unpaired) electrons. The van der Waals surface area contributed by atoms with Crippen LogP contribution in [0.5, 0.6) is 0 Å². The Hall–Kier alpha value is -0.120. The molecule has 1 rings (SSSR count). The van der Waals surface area contributed by atoms with Crippen molar-refractivity contribution in [2.45, 2.75) is 70.9 Å². The van der Waals surface area contributed by atoms with Crippen molar-refractivity contribution < 1.29 is 9.84 Å². The molecule has 0 aromatic heterocycles. The van der Waals surface area contributed by atoms with Gasteiger partial charge in [0.1, 0.15) is 0 Å². The van der Waals surface area contributed by atoms with E-state index in [4.69, 9.17) is 4.74 Å². The van der Waals surface area contributed by atoms with Crippen LogP contribution in [0, 0.1) is 5.92 Å². The summed E-state index contributed by atoms with van der Waals surface area (Å²) in [6, 6.07) is 0. The molecule has 0 spiro atoms. The van der Waals surface area contributed by atoms with Crippen molar-refractivity contribution in [3.8, 4) is 0 Å². The molecule has 1 saturated carbocycles. The lowest BCUT2D eigenvalue weighted by atomic mass is 9.83. The lowest BCUT2D eigenvalue weighted by Crippen LogP contribution is -2.48. The van der Waals surface area contributed by atoms with E-state index in [0.29, 0.717) is 0 Å². The molecule has 0 saturated heterocycles. The molecule has 3 heteroatoms. The summed E-state index contributed by atoms with van der Waals surface area (Å²) in [5.41, 5.74) is -0.202. The van der Waals surface area contributed by atoms with Crippen LogP contribution in [0.3, 0.4) is 0 Å². The third-order valence-electron chi connectivity index (χ3n) is 4.04. The van der Waals surface area contributed by atoms with E-state index in [1.807, 2.05) is 0 Å². The summed E-state index contributed by atoms with van der Waals surface area (Å²) in [5.74, 6) is 0.916. The van der Waals surface area contributed by atoms with E-state index < -0.39 is 0 Å². The fraction of sp³-hybridized carbons (Fsp3) is 1.00. The molecule has 2 atom stereocenters. The summed E-state index contributed by atoms with van der Waals surface area (Å²) in [5, 5.41) is 12.9. The second kappa shape index (κ2) is 8.13. The minimum absolute atomic E-state index is 0.170. The molecule has 0 aromatic carbocycles. The first-order valence-electron chi connectivity index (χ1n) is 7.57. The van der Waals surface area contributed by atoms with Crippen LogP contribution in [0.15, 0.2) is 0 Å². The molecule has 0 heterocycles. The highest BCUT2D eigenvalue weighted by Crippen LogP contribution is 2.29. The Kier molecular flexibility index (Phi) is 7.20. The molecule has 0 aliphatic heterocycles. The van der Waals surface area contributed by atoms with Gasteiger partial charge in [0.2, 0.25) is 0 Å². The second-order valence-corrected chi connectivity index (χ2v) is 6.12. The number of rotatable bonds is 10. The average Bonchev–Trinajstić information content (AvgIpc) is 2.30. The molecule has 2 N–H and O–H groups in total. The summed E-state index contributed by atoms with van der Waals surface area (Å²) >= 11 is 0. The summed E-state index contributed by atoms with van der Waals surface area (Å²) in [4.78, 5) is 0. The fourth-order valence-corrected chi connectivity index (χ4v) is 2.53. The first-order valence-corrected chi connectivity index (χ1v) is 7.57. The standard InChI is InChI=1S/C15H31NO2/c1-4-9-16-15(3,12-17)11-13(2)18-10-8-14-6-5-7-14/h13-14,16-17H,4-12H2,1-3H3. The predicted octanol–water partition coefficient (Wildman–Crippen LogP) is 2.72. The molecule has 1 aliphatic rings. The van der Waals surface area contributed by atoms with Crippen LogP contribution in [-0.2, 0) is 4.74 Å². The van der Waals surface area contributed by atoms with E-state index in [2.05, 4.69) is 26.1 Å². The molecule has 2 unspecified atom stereocenters. The van der Waals surface area contributed by atoms with Gasteiger partial charge >= 0.3 is 0 Å². The molecular formula is C15H31NO2. The van der Waals surface area contributed by atoms with Gasteiger partial charge in [0.15, 0.2) is 0 Å². The first-order chi connectivity index (χ1) is 8.59. The second-order valence-electron chi connectivity index (χ2n) is 6.12. The van der Waals surface area contributed by atoms with Gasteiger partial charge in [-0.15, -0.1) is 0 Å². The van der Waals surface area contributed by atoms with Crippen molar-refractivity contribution in [3.63, 3.8) is 0 Å². The van der Waals surface area contributed by atoms with Crippen LogP contribution < -0.4 is 5.32 Å². The highest BCUT2D eigenvalue weighted by atomic mass is 16.5. The van der Waals surface area contributed by atoms with Gasteiger partial charge in [0.05, 0.1) is 12.7 Å². The molecule has 1 aliphatic carbocycles. The zero-order valence-electron chi connectivity index (χ0n) is 12.4. The van der Waals surface area contributed by atoms with Crippen molar-refractivity contribution in [2.24, 2.45) is 5.92 Å². The molecule has 1 fully saturated rings. The highest BCUT2D eigenvalue weighted by molar-refractivity contribution is 4.84. The Morgan fingerprint density at radius 2 is 2.17 bits per heavy atom. The van der Waals surface area contributed by atoms with Crippen LogP contribution in [0.25, 0.3) is 0 Å². The van der Waals surface area contributed by atoms with Crippen molar-refractivity contribution in [3.05, 3.63) is 0 Å². The zero-order valence-corrected chi connectivity index (χ0v) is 12.4. The van der Waals surface area contributed by atoms with Crippen molar-refractivity contribution in [1.82, 2.24) is 5.32 Å². The molecular weight excluding hydrogens is 226 g/mol. The van der Waals surface area contributed by atoms with E-state index >= 15 is 0 Å². The monoisotopic (exact) mass is 257 g/mol. The van der Waals surface area contributed by atoms with Gasteiger partial charge in [-0.2, -0.15) is 0 Å². The minimum atomic E-state index is -0.202. The third kappa shape index (κ3) is 5.68. The first kappa shape index (κ1) is 15.9. The minimum Gasteiger partial charge on any atom is -0.394 e. The maximum absolute atomic E-state index is 9.50. The molecule has 18 heavy (non-hydrogen) atoms. The molecule has 0 bridgehead atoms. The van der Waals surface area contributed by atoms with E-state index in [0.717, 1.165) is 31.9 Å². The van der Waals surface area contributed by atoms with Gasteiger partial charge in [-0.05, 0) is 45.6 Å². The summed E-state index contributed by atoms with van der Waals surface area (Å²) in [7, 11) is 0. The van der Waals surface area contributed by atoms with Crippen LogP contribution in [-0.4, -0.2) is 36.5 Å². The lowest BCUT2D eigenvalue weighted by molar-refractivity contribution is 0.0176. The number of ether oxygens (including phenoxy) is 1. The van der Waals surface area contributed by atoms with E-state index in [1.54, 1.807) is 0 Å². The third-order valence-corrected chi connectivity index (χ3v) is 4.04. The van der Waals surface area contributed by atoms with Crippen LogP contribution >= 0.6 is 0 Å². The average molecular weight is 257 g/mol. The van der Waals surface area contributed by atoms with Gasteiger partial charge < -0.3 is 15.2 Å². The topological polar surface area (TPSA) is 41.5 Å². The Bertz CT molecular complexity index is 219. The van der Waals surface area contributed by atoms with Gasteiger partial charge in [0.25, 0.3) is 0 Å². The Labute approximate surface area is 112 Å². The predicted molar refractivity (Wildman–Crippen MR) is 75.8 cm³/mol. The van der Waals surface area contributed by atoms with Crippen molar-refractivity contribution in [1.29, 1.82) is 0 Å². The van der Waals surface area contributed by atoms with Gasteiger partial charge in [-0.3, -0.25) is 0 Å². The lowest BCUT2D eigenvalue weighted by Gasteiger charge is -2.32. The summed E-state index contributed by atoms with van der Waals surface area (Å²) in [6.07, 6.45) is 7.58. The Morgan fingerprint density at radius 1 is 1.44 bits per heavy atom. The molecule has 3 nitrogen and oxygen atoms in total. The largest absolute Gasteiger partial charge is 0.394 e. The maximum atomic E-state index is 9.50. The summed E-state index contributed by atoms with van der Waals surface area (Å²) < 4.78 is 5.87. The van der Waals surface area contributed by atoms with E-state index in [-0.39, 0.29) is 18.2 Å². The summed E-state index contributed by atoms with van der Waals surface area (Å²) in [6.45, 7) is 8.33. The number of aliphatic hydroxyl groups is 1. The van der Waals surface area contributed by atoms with Crippen LogP contribution in [0.2, 0.25) is 0 Å². The smallest absolute Gasteiger partial charge is 0.0611 e. The molecule has 0 amide bonds. The normalized spacial score (nSPS) is 21.3. The van der Waals surface area contributed by atoms with E-state index in [1.165, 1.54) is 25.7 Å². The number of nitrogens with one attached hydrogen (secondary N) is 1. The molecule has 0 aromatic rings. The fourth-order valence-electron chi connectivity index (χ4n) is 2.53. The SMILES string of the molecule is CCCNC(C)(CO)CC(C)OCCC1CCC1. The number of aliphatic hydroxyl groups excluding tert-OH is 1. The van der Waals surface area contributed by atoms with E-state index in [9.17, 15) is 5.11 Å². The Balaban J connectivity index is 2.16. The van der Waals surface area contributed by atoms with Crippen molar-refractivity contribution in [2.75, 3.05) is 19.8 Å².